The summed E-state index contributed by atoms with van der Waals surface area (Å²) in [4.78, 5) is 30.1. The van der Waals surface area contributed by atoms with E-state index in [2.05, 4.69) is 10.3 Å². The highest BCUT2D eigenvalue weighted by atomic mass is 16.3. The van der Waals surface area contributed by atoms with Crippen LogP contribution in [0.2, 0.25) is 0 Å². The summed E-state index contributed by atoms with van der Waals surface area (Å²) in [6.07, 6.45) is 6.99. The molecule has 0 radical (unpaired) electrons. The van der Waals surface area contributed by atoms with E-state index in [1.165, 1.54) is 0 Å². The molecule has 0 aliphatic carbocycles. The van der Waals surface area contributed by atoms with Gasteiger partial charge in [-0.05, 0) is 30.2 Å². The molecule has 0 bridgehead atoms. The highest BCUT2D eigenvalue weighted by molar-refractivity contribution is 5.89. The second-order valence-corrected chi connectivity index (χ2v) is 6.01. The van der Waals surface area contributed by atoms with Crippen LogP contribution in [0.3, 0.4) is 0 Å². The van der Waals surface area contributed by atoms with Gasteiger partial charge in [0.1, 0.15) is 5.76 Å². The minimum absolute atomic E-state index is 0.0228. The number of nitrogens with zero attached hydrogens (tertiary/aromatic N) is 2. The van der Waals surface area contributed by atoms with Crippen molar-refractivity contribution in [3.05, 3.63) is 54.2 Å². The Morgan fingerprint density at radius 3 is 3.04 bits per heavy atom. The van der Waals surface area contributed by atoms with Crippen molar-refractivity contribution in [3.8, 4) is 0 Å². The van der Waals surface area contributed by atoms with Gasteiger partial charge >= 0.3 is 0 Å². The van der Waals surface area contributed by atoms with E-state index >= 15 is 0 Å². The molecule has 0 unspecified atom stereocenters. The predicted octanol–water partition coefficient (Wildman–Crippen LogP) is 1.77. The summed E-state index contributed by atoms with van der Waals surface area (Å²) >= 11 is 0. The Morgan fingerprint density at radius 2 is 2.29 bits per heavy atom. The summed E-state index contributed by atoms with van der Waals surface area (Å²) in [6.45, 7) is 1.57. The van der Waals surface area contributed by atoms with Gasteiger partial charge < -0.3 is 14.6 Å². The van der Waals surface area contributed by atoms with Gasteiger partial charge in [-0.2, -0.15) is 0 Å². The summed E-state index contributed by atoms with van der Waals surface area (Å²) < 4.78 is 5.26. The van der Waals surface area contributed by atoms with Crippen molar-refractivity contribution in [1.29, 1.82) is 0 Å². The number of hydrogen-bond acceptors (Lipinski definition) is 4. The number of rotatable bonds is 7. The van der Waals surface area contributed by atoms with Crippen molar-refractivity contribution in [2.75, 3.05) is 13.1 Å². The van der Waals surface area contributed by atoms with Crippen molar-refractivity contribution < 1.29 is 14.0 Å². The van der Waals surface area contributed by atoms with Crippen molar-refractivity contribution in [1.82, 2.24) is 15.2 Å². The standard InChI is InChI=1S/C18H21N3O3/c22-17-10-15(13-21(17)12-14-4-1-7-19-11-14)18(23)20-8-2-5-16-6-3-9-24-16/h1,3-4,6-7,9,11,15H,2,5,8,10,12-13H2,(H,20,23)/t15-/m0/s1. The van der Waals surface area contributed by atoms with Gasteiger partial charge in [0.15, 0.2) is 0 Å². The molecule has 126 valence electrons. The van der Waals surface area contributed by atoms with Gasteiger partial charge in [-0.25, -0.2) is 0 Å². The number of aromatic nitrogens is 1. The summed E-state index contributed by atoms with van der Waals surface area (Å²) in [7, 11) is 0. The summed E-state index contributed by atoms with van der Waals surface area (Å²) in [5.41, 5.74) is 0.977. The molecule has 2 aromatic heterocycles. The molecular formula is C18H21N3O3. The summed E-state index contributed by atoms with van der Waals surface area (Å²) in [5, 5.41) is 2.92. The minimum atomic E-state index is -0.266. The zero-order valence-corrected chi connectivity index (χ0v) is 13.5. The van der Waals surface area contributed by atoms with Gasteiger partial charge in [-0.15, -0.1) is 0 Å². The van der Waals surface area contributed by atoms with E-state index < -0.39 is 0 Å². The number of nitrogens with one attached hydrogen (secondary N) is 1. The summed E-state index contributed by atoms with van der Waals surface area (Å²) in [5.74, 6) is 0.631. The van der Waals surface area contributed by atoms with E-state index in [-0.39, 0.29) is 24.2 Å². The molecule has 24 heavy (non-hydrogen) atoms. The molecule has 1 fully saturated rings. The number of pyridine rings is 1. The van der Waals surface area contributed by atoms with E-state index in [9.17, 15) is 9.59 Å². The number of furan rings is 1. The topological polar surface area (TPSA) is 75.4 Å². The molecule has 1 N–H and O–H groups in total. The van der Waals surface area contributed by atoms with Crippen LogP contribution in [0.15, 0.2) is 47.3 Å². The molecule has 3 rings (SSSR count). The molecule has 2 aromatic rings. The van der Waals surface area contributed by atoms with Gasteiger partial charge in [0.2, 0.25) is 11.8 Å². The SMILES string of the molecule is O=C(NCCCc1ccco1)[C@H]1CC(=O)N(Cc2cccnc2)C1. The van der Waals surface area contributed by atoms with Crippen LogP contribution in [0.25, 0.3) is 0 Å². The number of aryl methyl sites for hydroxylation is 1. The third kappa shape index (κ3) is 4.22. The van der Waals surface area contributed by atoms with Crippen LogP contribution in [0.5, 0.6) is 0 Å². The third-order valence-electron chi connectivity index (χ3n) is 4.16. The van der Waals surface area contributed by atoms with Crippen LogP contribution in [-0.4, -0.2) is 34.8 Å². The fourth-order valence-electron chi connectivity index (χ4n) is 2.89. The predicted molar refractivity (Wildman–Crippen MR) is 87.8 cm³/mol. The Balaban J connectivity index is 1.42. The maximum absolute atomic E-state index is 12.2. The maximum Gasteiger partial charge on any atom is 0.225 e. The van der Waals surface area contributed by atoms with Crippen molar-refractivity contribution >= 4 is 11.8 Å². The average Bonchev–Trinajstić information content (AvgIpc) is 3.23. The highest BCUT2D eigenvalue weighted by Crippen LogP contribution is 2.20. The number of hydrogen-bond donors (Lipinski definition) is 1. The average molecular weight is 327 g/mol. The fourth-order valence-corrected chi connectivity index (χ4v) is 2.89. The monoisotopic (exact) mass is 327 g/mol. The molecule has 1 atom stereocenters. The largest absolute Gasteiger partial charge is 0.469 e. The molecule has 1 saturated heterocycles. The van der Waals surface area contributed by atoms with Crippen LogP contribution >= 0.6 is 0 Å². The molecule has 1 aliphatic rings. The molecule has 6 nitrogen and oxygen atoms in total. The van der Waals surface area contributed by atoms with E-state index in [1.54, 1.807) is 23.6 Å². The normalized spacial score (nSPS) is 17.2. The van der Waals surface area contributed by atoms with Crippen LogP contribution < -0.4 is 5.32 Å². The zero-order valence-electron chi connectivity index (χ0n) is 13.5. The van der Waals surface area contributed by atoms with Crippen LogP contribution in [0.4, 0.5) is 0 Å². The van der Waals surface area contributed by atoms with Gasteiger partial charge in [0.05, 0.1) is 12.2 Å². The smallest absolute Gasteiger partial charge is 0.225 e. The Kier molecular flexibility index (Phi) is 5.25. The van der Waals surface area contributed by atoms with Gasteiger partial charge in [-0.1, -0.05) is 6.07 Å². The Bertz CT molecular complexity index is 670. The summed E-state index contributed by atoms with van der Waals surface area (Å²) in [6, 6.07) is 7.56. The molecule has 6 heteroatoms. The minimum Gasteiger partial charge on any atom is -0.469 e. The van der Waals surface area contributed by atoms with E-state index in [1.807, 2.05) is 24.3 Å². The first kappa shape index (κ1) is 16.2. The lowest BCUT2D eigenvalue weighted by Crippen LogP contribution is -2.33. The van der Waals surface area contributed by atoms with E-state index in [4.69, 9.17) is 4.42 Å². The quantitative estimate of drug-likeness (QED) is 0.787. The third-order valence-corrected chi connectivity index (χ3v) is 4.16. The molecule has 1 aliphatic heterocycles. The maximum atomic E-state index is 12.2. The second-order valence-electron chi connectivity index (χ2n) is 6.01. The first-order valence-electron chi connectivity index (χ1n) is 8.19. The number of carbonyl (C=O) groups is 2. The number of carbonyl (C=O) groups excluding carboxylic acids is 2. The van der Waals surface area contributed by atoms with Crippen molar-refractivity contribution in [2.45, 2.75) is 25.8 Å². The Hall–Kier alpha value is -2.63. The highest BCUT2D eigenvalue weighted by Gasteiger charge is 2.33. The first-order valence-corrected chi connectivity index (χ1v) is 8.19. The lowest BCUT2D eigenvalue weighted by atomic mass is 10.1. The molecule has 2 amide bonds. The van der Waals surface area contributed by atoms with Crippen LogP contribution in [0, 0.1) is 5.92 Å². The van der Waals surface area contributed by atoms with Crippen molar-refractivity contribution in [2.24, 2.45) is 5.92 Å². The molecule has 0 saturated carbocycles. The van der Waals surface area contributed by atoms with E-state index in [0.29, 0.717) is 19.6 Å². The van der Waals surface area contributed by atoms with E-state index in [0.717, 1.165) is 24.2 Å². The molecule has 0 aromatic carbocycles. The van der Waals surface area contributed by atoms with Crippen LogP contribution in [0.1, 0.15) is 24.2 Å². The molecular weight excluding hydrogens is 306 g/mol. The van der Waals surface area contributed by atoms with Gasteiger partial charge in [0, 0.05) is 44.9 Å². The molecule has 3 heterocycles. The number of amides is 2. The van der Waals surface area contributed by atoms with Gasteiger partial charge in [-0.3, -0.25) is 14.6 Å². The van der Waals surface area contributed by atoms with Crippen molar-refractivity contribution in [3.63, 3.8) is 0 Å². The second kappa shape index (κ2) is 7.77. The Morgan fingerprint density at radius 1 is 1.38 bits per heavy atom. The molecule has 0 spiro atoms. The van der Waals surface area contributed by atoms with Gasteiger partial charge in [0.25, 0.3) is 0 Å². The zero-order chi connectivity index (χ0) is 16.8. The fraction of sp³-hybridized carbons (Fsp3) is 0.389. The lowest BCUT2D eigenvalue weighted by Gasteiger charge is -2.16. The number of likely N-dealkylation sites (tertiary alicyclic amines) is 1. The van der Waals surface area contributed by atoms with Crippen LogP contribution in [-0.2, 0) is 22.6 Å². The first-order chi connectivity index (χ1) is 11.7. The lowest BCUT2D eigenvalue weighted by molar-refractivity contribution is -0.129. The Labute approximate surface area is 140 Å².